The van der Waals surface area contributed by atoms with Crippen LogP contribution in [0.3, 0.4) is 0 Å². The summed E-state index contributed by atoms with van der Waals surface area (Å²) in [5, 5.41) is 10.9. The van der Waals surface area contributed by atoms with Gasteiger partial charge in [-0.1, -0.05) is 0 Å². The molecule has 2 aliphatic rings. The van der Waals surface area contributed by atoms with Gasteiger partial charge in [-0.05, 0) is 94.7 Å². The Kier molecular flexibility index (Phi) is 8.48. The summed E-state index contributed by atoms with van der Waals surface area (Å²) in [4.78, 5) is 34.9. The van der Waals surface area contributed by atoms with Crippen molar-refractivity contribution >= 4 is 34.8 Å². The van der Waals surface area contributed by atoms with Crippen LogP contribution in [0.4, 0.5) is 40.8 Å². The molecule has 1 aliphatic heterocycles. The van der Waals surface area contributed by atoms with Crippen molar-refractivity contribution in [1.29, 1.82) is 0 Å². The maximum absolute atomic E-state index is 13.9. The number of alkyl halides is 3. The molecule has 3 amide bonds. The Labute approximate surface area is 241 Å². The van der Waals surface area contributed by atoms with Crippen LogP contribution >= 0.6 is 0 Å². The van der Waals surface area contributed by atoms with Crippen LogP contribution in [-0.2, 0) is 11.0 Å². The number of nitrogens with one attached hydrogen (secondary N) is 4. The van der Waals surface area contributed by atoms with Gasteiger partial charge in [0.1, 0.15) is 17.9 Å². The van der Waals surface area contributed by atoms with Crippen LogP contribution in [0, 0.1) is 12.8 Å². The van der Waals surface area contributed by atoms with Crippen LogP contribution in [0.15, 0.2) is 48.8 Å². The molecule has 2 aromatic carbocycles. The van der Waals surface area contributed by atoms with Crippen molar-refractivity contribution in [2.75, 3.05) is 41.4 Å². The fourth-order valence-electron chi connectivity index (χ4n) is 4.64. The minimum Gasteiger partial charge on any atom is -0.439 e. The number of rotatable bonds is 8. The Morgan fingerprint density at radius 3 is 2.36 bits per heavy atom. The van der Waals surface area contributed by atoms with Gasteiger partial charge in [0.25, 0.3) is 0 Å². The average Bonchev–Trinajstić information content (AvgIpc) is 3.78. The molecular weight excluding hydrogens is 551 g/mol. The van der Waals surface area contributed by atoms with E-state index in [4.69, 9.17) is 4.74 Å². The van der Waals surface area contributed by atoms with E-state index in [2.05, 4.69) is 36.1 Å². The quantitative estimate of drug-likeness (QED) is 0.253. The zero-order valence-corrected chi connectivity index (χ0v) is 23.2. The molecular formula is C29H32F3N7O3. The van der Waals surface area contributed by atoms with Gasteiger partial charge < -0.3 is 30.9 Å². The number of hydrogen-bond donors (Lipinski definition) is 4. The summed E-state index contributed by atoms with van der Waals surface area (Å²) in [5.41, 5.74) is 0.260. The summed E-state index contributed by atoms with van der Waals surface area (Å²) in [7, 11) is 1.99. The molecule has 0 bridgehead atoms. The normalized spacial score (nSPS) is 16.0. The minimum absolute atomic E-state index is 0.00412. The Morgan fingerprint density at radius 2 is 1.67 bits per heavy atom. The van der Waals surface area contributed by atoms with Gasteiger partial charge in [0.05, 0.1) is 5.56 Å². The number of benzene rings is 2. The third kappa shape index (κ3) is 7.66. The number of aryl methyl sites for hydroxylation is 1. The Balaban J connectivity index is 1.20. The van der Waals surface area contributed by atoms with Gasteiger partial charge in [0, 0.05) is 35.1 Å². The first kappa shape index (κ1) is 29.1. The lowest BCUT2D eigenvalue weighted by molar-refractivity contribution is -0.137. The summed E-state index contributed by atoms with van der Waals surface area (Å²) >= 11 is 0. The number of likely N-dealkylation sites (tertiary alicyclic amines) is 1. The van der Waals surface area contributed by atoms with Crippen molar-refractivity contribution in [2.24, 2.45) is 5.92 Å². The smallest absolute Gasteiger partial charge is 0.418 e. The molecule has 2 fully saturated rings. The van der Waals surface area contributed by atoms with Crippen LogP contribution in [0.2, 0.25) is 0 Å². The number of amides is 3. The molecule has 3 aromatic rings. The zero-order chi connectivity index (χ0) is 29.9. The number of hydrogen-bond acceptors (Lipinski definition) is 7. The van der Waals surface area contributed by atoms with Gasteiger partial charge in [0.15, 0.2) is 0 Å². The van der Waals surface area contributed by atoms with Crippen LogP contribution in [0.5, 0.6) is 11.6 Å². The number of halogens is 3. The van der Waals surface area contributed by atoms with Crippen molar-refractivity contribution in [1.82, 2.24) is 14.9 Å². The first-order valence-electron chi connectivity index (χ1n) is 13.7. The van der Waals surface area contributed by atoms with E-state index in [9.17, 15) is 22.8 Å². The molecule has 4 N–H and O–H groups in total. The Morgan fingerprint density at radius 1 is 0.929 bits per heavy atom. The summed E-state index contributed by atoms with van der Waals surface area (Å²) in [6.45, 7) is 3.37. The molecule has 2 heterocycles. The third-order valence-corrected chi connectivity index (χ3v) is 7.17. The van der Waals surface area contributed by atoms with E-state index in [-0.39, 0.29) is 35.1 Å². The highest BCUT2D eigenvalue weighted by molar-refractivity contribution is 6.00. The number of carbonyl (C=O) groups is 2. The minimum atomic E-state index is -4.60. The van der Waals surface area contributed by atoms with Gasteiger partial charge in [-0.2, -0.15) is 13.2 Å². The van der Waals surface area contributed by atoms with Crippen molar-refractivity contribution in [3.8, 4) is 11.6 Å². The summed E-state index contributed by atoms with van der Waals surface area (Å²) < 4.78 is 47.4. The van der Waals surface area contributed by atoms with Crippen molar-refractivity contribution < 1.29 is 27.5 Å². The van der Waals surface area contributed by atoms with Crippen molar-refractivity contribution in [3.63, 3.8) is 0 Å². The maximum atomic E-state index is 13.9. The molecule has 0 spiro atoms. The van der Waals surface area contributed by atoms with Gasteiger partial charge in [-0.3, -0.25) is 4.79 Å². The Hall–Kier alpha value is -4.39. The van der Waals surface area contributed by atoms with E-state index < -0.39 is 17.8 Å². The largest absolute Gasteiger partial charge is 0.439 e. The molecule has 10 nitrogen and oxygen atoms in total. The first-order chi connectivity index (χ1) is 20.0. The molecule has 5 rings (SSSR count). The number of urea groups is 1. The molecule has 0 radical (unpaired) electrons. The molecule has 1 saturated carbocycles. The molecule has 1 aliphatic carbocycles. The van der Waals surface area contributed by atoms with Gasteiger partial charge in [0.2, 0.25) is 11.8 Å². The SMILES string of the molecule is Cc1cc(Oc2cc(NC(=O)C3CC3)ncn2)ccc1NC(=O)Nc1ccc(NC2CCN(C)CC2)c(C(F)(F)F)c1. The van der Waals surface area contributed by atoms with E-state index in [1.165, 1.54) is 24.5 Å². The summed E-state index contributed by atoms with van der Waals surface area (Å²) in [6.07, 6.45) is -0.0751. The van der Waals surface area contributed by atoms with Gasteiger partial charge in [-0.15, -0.1) is 0 Å². The number of nitrogens with zero attached hydrogens (tertiary/aromatic N) is 3. The second kappa shape index (κ2) is 12.2. The van der Waals surface area contributed by atoms with E-state index in [1.54, 1.807) is 25.1 Å². The van der Waals surface area contributed by atoms with Gasteiger partial charge in [-0.25, -0.2) is 14.8 Å². The number of anilines is 4. The Bertz CT molecular complexity index is 1450. The van der Waals surface area contributed by atoms with E-state index >= 15 is 0 Å². The molecule has 13 heteroatoms. The maximum Gasteiger partial charge on any atom is 0.418 e. The predicted molar refractivity (Wildman–Crippen MR) is 153 cm³/mol. The standard InChI is InChI=1S/C29H32F3N7O3/c1-17-13-21(42-26-15-25(33-16-34-26)38-27(40)18-3-4-18)6-8-23(17)37-28(41)36-20-5-7-24(22(14-20)29(30,31)32)35-19-9-11-39(2)12-10-19/h5-8,13-16,18-19,35H,3-4,9-12H2,1-2H3,(H2,36,37,41)(H,33,34,38,40). The number of carbonyl (C=O) groups excluding carboxylic acids is 2. The number of aromatic nitrogens is 2. The second-order valence-electron chi connectivity index (χ2n) is 10.6. The predicted octanol–water partition coefficient (Wildman–Crippen LogP) is 6.09. The van der Waals surface area contributed by atoms with Crippen molar-refractivity contribution in [2.45, 2.75) is 44.8 Å². The van der Waals surface area contributed by atoms with Crippen LogP contribution in [-0.4, -0.2) is 53.0 Å². The molecule has 0 unspecified atom stereocenters. The third-order valence-electron chi connectivity index (χ3n) is 7.17. The summed E-state index contributed by atoms with van der Waals surface area (Å²) in [6, 6.07) is 9.39. The highest BCUT2D eigenvalue weighted by Gasteiger charge is 2.35. The van der Waals surface area contributed by atoms with E-state index in [0.29, 0.717) is 22.8 Å². The van der Waals surface area contributed by atoms with E-state index in [0.717, 1.165) is 44.8 Å². The number of ether oxygens (including phenoxy) is 1. The molecule has 1 aromatic heterocycles. The van der Waals surface area contributed by atoms with E-state index in [1.807, 2.05) is 7.05 Å². The lowest BCUT2D eigenvalue weighted by atomic mass is 10.0. The highest BCUT2D eigenvalue weighted by Crippen LogP contribution is 2.37. The van der Waals surface area contributed by atoms with Gasteiger partial charge >= 0.3 is 12.2 Å². The zero-order valence-electron chi connectivity index (χ0n) is 23.2. The van der Waals surface area contributed by atoms with Crippen molar-refractivity contribution in [3.05, 3.63) is 59.9 Å². The van der Waals surface area contributed by atoms with Crippen LogP contribution < -0.4 is 26.0 Å². The van der Waals surface area contributed by atoms with Crippen LogP contribution in [0.25, 0.3) is 0 Å². The molecule has 1 saturated heterocycles. The fraction of sp³-hybridized carbons (Fsp3) is 0.379. The fourth-order valence-corrected chi connectivity index (χ4v) is 4.64. The monoisotopic (exact) mass is 583 g/mol. The second-order valence-corrected chi connectivity index (χ2v) is 10.6. The summed E-state index contributed by atoms with van der Waals surface area (Å²) in [5.74, 6) is 0.936. The average molecular weight is 584 g/mol. The molecule has 0 atom stereocenters. The lowest BCUT2D eigenvalue weighted by Crippen LogP contribution is -2.37. The van der Waals surface area contributed by atoms with Crippen LogP contribution in [0.1, 0.15) is 36.8 Å². The highest BCUT2D eigenvalue weighted by atomic mass is 19.4. The molecule has 42 heavy (non-hydrogen) atoms. The molecule has 222 valence electrons. The first-order valence-corrected chi connectivity index (χ1v) is 13.7. The topological polar surface area (TPSA) is 121 Å². The number of piperidine rings is 1. The lowest BCUT2D eigenvalue weighted by Gasteiger charge is -2.31.